The Morgan fingerprint density at radius 3 is 2.52 bits per heavy atom. The Balaban J connectivity index is 1.68. The lowest BCUT2D eigenvalue weighted by molar-refractivity contribution is 0.0470. The first-order chi connectivity index (χ1) is 11.9. The number of nitrogens with zero attached hydrogens (tertiary/aromatic N) is 1. The molecule has 0 bridgehead atoms. The smallest absolute Gasteiger partial charge is 0.341 e. The van der Waals surface area contributed by atoms with Crippen molar-refractivity contribution in [3.8, 4) is 5.75 Å². The fraction of sp³-hybridized carbons (Fsp3) is 0.368. The summed E-state index contributed by atoms with van der Waals surface area (Å²) in [5, 5.41) is 0. The molecule has 0 spiro atoms. The summed E-state index contributed by atoms with van der Waals surface area (Å²) in [5.74, 6) is -1.60. The SMILES string of the molecule is COc1ccc(C(=O)OCC(=O)c2cc(C)n(C3CC3)c2C)c(F)c1. The second kappa shape index (κ2) is 6.70. The number of hydrogen-bond donors (Lipinski definition) is 0. The lowest BCUT2D eigenvalue weighted by atomic mass is 10.1. The summed E-state index contributed by atoms with van der Waals surface area (Å²) in [6.07, 6.45) is 2.24. The molecule has 0 amide bonds. The van der Waals surface area contributed by atoms with Crippen LogP contribution in [0.5, 0.6) is 5.75 Å². The van der Waals surface area contributed by atoms with Crippen LogP contribution >= 0.6 is 0 Å². The molecule has 2 aromatic rings. The Kier molecular flexibility index (Phi) is 4.61. The van der Waals surface area contributed by atoms with E-state index in [-0.39, 0.29) is 11.3 Å². The van der Waals surface area contributed by atoms with E-state index < -0.39 is 18.4 Å². The van der Waals surface area contributed by atoms with Gasteiger partial charge in [0.25, 0.3) is 0 Å². The molecule has 0 radical (unpaired) electrons. The third-order valence-corrected chi connectivity index (χ3v) is 4.43. The summed E-state index contributed by atoms with van der Waals surface area (Å²) in [6, 6.07) is 6.13. The topological polar surface area (TPSA) is 57.5 Å². The zero-order valence-electron chi connectivity index (χ0n) is 14.5. The van der Waals surface area contributed by atoms with Gasteiger partial charge in [-0.2, -0.15) is 0 Å². The number of hydrogen-bond acceptors (Lipinski definition) is 4. The van der Waals surface area contributed by atoms with Gasteiger partial charge in [0.1, 0.15) is 11.6 Å². The van der Waals surface area contributed by atoms with Crippen molar-refractivity contribution in [1.29, 1.82) is 0 Å². The van der Waals surface area contributed by atoms with Gasteiger partial charge in [0.15, 0.2) is 6.61 Å². The third-order valence-electron chi connectivity index (χ3n) is 4.43. The summed E-state index contributed by atoms with van der Waals surface area (Å²) in [5.41, 5.74) is 2.23. The number of benzene rings is 1. The van der Waals surface area contributed by atoms with Crippen molar-refractivity contribution in [2.24, 2.45) is 0 Å². The molecule has 1 heterocycles. The fourth-order valence-corrected chi connectivity index (χ4v) is 3.03. The zero-order valence-corrected chi connectivity index (χ0v) is 14.5. The normalized spacial score (nSPS) is 13.6. The van der Waals surface area contributed by atoms with Crippen molar-refractivity contribution in [2.45, 2.75) is 32.7 Å². The molecule has 3 rings (SSSR count). The number of ether oxygens (including phenoxy) is 2. The van der Waals surface area contributed by atoms with Crippen molar-refractivity contribution in [2.75, 3.05) is 13.7 Å². The summed E-state index contributed by atoms with van der Waals surface area (Å²) >= 11 is 0. The Morgan fingerprint density at radius 1 is 1.20 bits per heavy atom. The molecule has 0 aliphatic heterocycles. The number of carbonyl (C=O) groups excluding carboxylic acids is 2. The second-order valence-electron chi connectivity index (χ2n) is 6.23. The number of carbonyl (C=O) groups is 2. The number of ketones is 1. The average Bonchev–Trinajstić information content (AvgIpc) is 3.37. The molecule has 132 valence electrons. The van der Waals surface area contributed by atoms with Crippen LogP contribution in [-0.4, -0.2) is 30.0 Å². The Bertz CT molecular complexity index is 836. The maximum absolute atomic E-state index is 13.9. The quantitative estimate of drug-likeness (QED) is 0.593. The van der Waals surface area contributed by atoms with E-state index >= 15 is 0 Å². The van der Waals surface area contributed by atoms with E-state index in [1.165, 1.54) is 19.2 Å². The van der Waals surface area contributed by atoms with Crippen LogP contribution in [0.4, 0.5) is 4.39 Å². The fourth-order valence-electron chi connectivity index (χ4n) is 3.03. The highest BCUT2D eigenvalue weighted by atomic mass is 19.1. The minimum Gasteiger partial charge on any atom is -0.497 e. The van der Waals surface area contributed by atoms with Crippen LogP contribution in [0.3, 0.4) is 0 Å². The second-order valence-corrected chi connectivity index (χ2v) is 6.23. The molecule has 1 saturated carbocycles. The Morgan fingerprint density at radius 2 is 1.92 bits per heavy atom. The van der Waals surface area contributed by atoms with E-state index in [4.69, 9.17) is 9.47 Å². The Labute approximate surface area is 145 Å². The summed E-state index contributed by atoms with van der Waals surface area (Å²) in [6.45, 7) is 3.43. The molecule has 1 aliphatic rings. The molecular formula is C19H20FNO4. The largest absolute Gasteiger partial charge is 0.497 e. The van der Waals surface area contributed by atoms with Crippen LogP contribution in [0.2, 0.25) is 0 Å². The first-order valence-corrected chi connectivity index (χ1v) is 8.14. The van der Waals surface area contributed by atoms with Gasteiger partial charge in [0, 0.05) is 29.1 Å². The summed E-state index contributed by atoms with van der Waals surface area (Å²) in [7, 11) is 1.41. The predicted octanol–water partition coefficient (Wildman–Crippen LogP) is 3.63. The number of Topliss-reactive ketones (excluding diaryl/α,β-unsaturated/α-hetero) is 1. The minimum atomic E-state index is -0.871. The number of aromatic nitrogens is 1. The molecule has 1 fully saturated rings. The predicted molar refractivity (Wildman–Crippen MR) is 89.7 cm³/mol. The number of halogens is 1. The maximum Gasteiger partial charge on any atom is 0.341 e. The number of rotatable bonds is 6. The van der Waals surface area contributed by atoms with Gasteiger partial charge in [0.05, 0.1) is 12.7 Å². The van der Waals surface area contributed by atoms with Crippen LogP contribution < -0.4 is 4.74 Å². The summed E-state index contributed by atoms with van der Waals surface area (Å²) in [4.78, 5) is 24.4. The standard InChI is InChI=1S/C19H20FNO4/c1-11-8-16(12(2)21(11)13-4-5-13)18(22)10-25-19(23)15-7-6-14(24-3)9-17(15)20/h6-9,13H,4-5,10H2,1-3H3. The molecule has 1 aromatic carbocycles. The van der Waals surface area contributed by atoms with Crippen LogP contribution in [0.15, 0.2) is 24.3 Å². The van der Waals surface area contributed by atoms with Crippen molar-refractivity contribution >= 4 is 11.8 Å². The van der Waals surface area contributed by atoms with Gasteiger partial charge in [-0.3, -0.25) is 4.79 Å². The highest BCUT2D eigenvalue weighted by molar-refractivity contribution is 6.00. The van der Waals surface area contributed by atoms with E-state index in [9.17, 15) is 14.0 Å². The van der Waals surface area contributed by atoms with Crippen LogP contribution in [0.25, 0.3) is 0 Å². The lowest BCUT2D eigenvalue weighted by Gasteiger charge is -2.08. The molecule has 1 aromatic heterocycles. The molecule has 0 unspecified atom stereocenters. The molecule has 5 nitrogen and oxygen atoms in total. The van der Waals surface area contributed by atoms with E-state index in [2.05, 4.69) is 4.57 Å². The van der Waals surface area contributed by atoms with Gasteiger partial charge in [-0.1, -0.05) is 0 Å². The first-order valence-electron chi connectivity index (χ1n) is 8.14. The van der Waals surface area contributed by atoms with Crippen LogP contribution in [0.1, 0.15) is 51.0 Å². The number of esters is 1. The van der Waals surface area contributed by atoms with E-state index in [0.717, 1.165) is 30.3 Å². The van der Waals surface area contributed by atoms with Gasteiger partial charge in [-0.15, -0.1) is 0 Å². The van der Waals surface area contributed by atoms with Crippen molar-refractivity contribution in [3.63, 3.8) is 0 Å². The maximum atomic E-state index is 13.9. The Hall–Kier alpha value is -2.63. The highest BCUT2D eigenvalue weighted by Gasteiger charge is 2.28. The van der Waals surface area contributed by atoms with Gasteiger partial charge in [-0.05, 0) is 44.9 Å². The molecule has 6 heteroatoms. The van der Waals surface area contributed by atoms with Gasteiger partial charge in [0.2, 0.25) is 5.78 Å². The monoisotopic (exact) mass is 345 g/mol. The van der Waals surface area contributed by atoms with Crippen LogP contribution in [-0.2, 0) is 4.74 Å². The molecule has 0 N–H and O–H groups in total. The lowest BCUT2D eigenvalue weighted by Crippen LogP contribution is -2.16. The van der Waals surface area contributed by atoms with Crippen molar-refractivity contribution < 1.29 is 23.5 Å². The number of aryl methyl sites for hydroxylation is 1. The van der Waals surface area contributed by atoms with Crippen molar-refractivity contribution in [3.05, 3.63) is 52.6 Å². The van der Waals surface area contributed by atoms with E-state index in [1.807, 2.05) is 19.9 Å². The highest BCUT2D eigenvalue weighted by Crippen LogP contribution is 2.38. The molecule has 0 saturated heterocycles. The molecule has 1 aliphatic carbocycles. The minimum absolute atomic E-state index is 0.225. The molecular weight excluding hydrogens is 325 g/mol. The van der Waals surface area contributed by atoms with Gasteiger partial charge < -0.3 is 14.0 Å². The number of methoxy groups -OCH3 is 1. The summed E-state index contributed by atoms with van der Waals surface area (Å²) < 4.78 is 25.9. The van der Waals surface area contributed by atoms with E-state index in [1.54, 1.807) is 0 Å². The average molecular weight is 345 g/mol. The first kappa shape index (κ1) is 17.2. The third kappa shape index (κ3) is 3.43. The molecule has 25 heavy (non-hydrogen) atoms. The van der Waals surface area contributed by atoms with E-state index in [0.29, 0.717) is 17.4 Å². The molecule has 0 atom stereocenters. The van der Waals surface area contributed by atoms with Crippen LogP contribution in [0, 0.1) is 19.7 Å². The van der Waals surface area contributed by atoms with Gasteiger partial charge in [-0.25, -0.2) is 9.18 Å². The van der Waals surface area contributed by atoms with Gasteiger partial charge >= 0.3 is 5.97 Å². The zero-order chi connectivity index (χ0) is 18.1. The van der Waals surface area contributed by atoms with Crippen molar-refractivity contribution in [1.82, 2.24) is 4.57 Å².